The number of ether oxygens (including phenoxy) is 1. The highest BCUT2D eigenvalue weighted by atomic mass is 35.5. The Bertz CT molecular complexity index is 511. The number of halogens is 4. The Labute approximate surface area is 125 Å². The van der Waals surface area contributed by atoms with Crippen LogP contribution in [0, 0.1) is 0 Å². The number of benzene rings is 1. The summed E-state index contributed by atoms with van der Waals surface area (Å²) in [6, 6.07) is 3.44. The van der Waals surface area contributed by atoms with Crippen molar-refractivity contribution in [1.29, 1.82) is 0 Å². The monoisotopic (exact) mass is 323 g/mol. The highest BCUT2D eigenvalue weighted by Gasteiger charge is 2.22. The SMILES string of the molecule is O=C1Cc2cc(C(Cl)CCOCC(F)F)c(Cl)cc2N1. The van der Waals surface area contributed by atoms with Gasteiger partial charge in [0.05, 0.1) is 11.8 Å². The molecule has 0 aromatic heterocycles. The van der Waals surface area contributed by atoms with Crippen molar-refractivity contribution in [3.8, 4) is 0 Å². The van der Waals surface area contributed by atoms with Crippen LogP contribution in [0.3, 0.4) is 0 Å². The van der Waals surface area contributed by atoms with E-state index in [0.717, 1.165) is 5.56 Å². The first-order chi connectivity index (χ1) is 9.47. The third-order valence-corrected chi connectivity index (χ3v) is 3.73. The van der Waals surface area contributed by atoms with Crippen molar-refractivity contribution in [3.63, 3.8) is 0 Å². The lowest BCUT2D eigenvalue weighted by molar-refractivity contribution is -0.115. The van der Waals surface area contributed by atoms with Crippen LogP contribution in [-0.4, -0.2) is 25.5 Å². The molecule has 7 heteroatoms. The number of anilines is 1. The lowest BCUT2D eigenvalue weighted by Gasteiger charge is -2.13. The van der Waals surface area contributed by atoms with E-state index < -0.39 is 18.4 Å². The molecule has 1 N–H and O–H groups in total. The van der Waals surface area contributed by atoms with Gasteiger partial charge in [-0.25, -0.2) is 8.78 Å². The van der Waals surface area contributed by atoms with Crippen LogP contribution in [0.2, 0.25) is 5.02 Å². The topological polar surface area (TPSA) is 38.3 Å². The van der Waals surface area contributed by atoms with E-state index >= 15 is 0 Å². The van der Waals surface area contributed by atoms with Crippen LogP contribution in [0.1, 0.15) is 22.9 Å². The summed E-state index contributed by atoms with van der Waals surface area (Å²) in [5.41, 5.74) is 2.22. The molecule has 1 aliphatic heterocycles. The lowest BCUT2D eigenvalue weighted by atomic mass is 10.0. The van der Waals surface area contributed by atoms with Gasteiger partial charge in [0.15, 0.2) is 0 Å². The van der Waals surface area contributed by atoms with E-state index in [0.29, 0.717) is 29.1 Å². The largest absolute Gasteiger partial charge is 0.375 e. The molecule has 0 aliphatic carbocycles. The van der Waals surface area contributed by atoms with E-state index in [1.165, 1.54) is 0 Å². The van der Waals surface area contributed by atoms with Crippen molar-refractivity contribution in [2.24, 2.45) is 0 Å². The fourth-order valence-electron chi connectivity index (χ4n) is 2.02. The van der Waals surface area contributed by atoms with E-state index in [1.54, 1.807) is 12.1 Å². The van der Waals surface area contributed by atoms with Crippen molar-refractivity contribution in [2.45, 2.75) is 24.6 Å². The highest BCUT2D eigenvalue weighted by molar-refractivity contribution is 6.33. The van der Waals surface area contributed by atoms with E-state index in [1.807, 2.05) is 0 Å². The Balaban J connectivity index is 1.98. The molecule has 110 valence electrons. The standard InChI is InChI=1S/C13H13Cl2F2NO2/c14-9(1-2-20-6-12(16)17)8-3-7-4-13(19)18-11(7)5-10(8)15/h3,5,9,12H,1-2,4,6H2,(H,18,19). The Hall–Kier alpha value is -0.910. The quantitative estimate of drug-likeness (QED) is 0.639. The summed E-state index contributed by atoms with van der Waals surface area (Å²) in [7, 11) is 0. The molecule has 1 unspecified atom stereocenters. The maximum atomic E-state index is 11.9. The molecule has 1 atom stereocenters. The average Bonchev–Trinajstić information content (AvgIpc) is 2.72. The van der Waals surface area contributed by atoms with Gasteiger partial charge in [0.1, 0.15) is 6.61 Å². The molecule has 20 heavy (non-hydrogen) atoms. The van der Waals surface area contributed by atoms with Crippen LogP contribution in [0.25, 0.3) is 0 Å². The maximum absolute atomic E-state index is 11.9. The van der Waals surface area contributed by atoms with Gasteiger partial charge in [0.25, 0.3) is 6.43 Å². The molecule has 1 aliphatic rings. The molecule has 1 amide bonds. The lowest BCUT2D eigenvalue weighted by Crippen LogP contribution is -2.07. The molecule has 0 saturated carbocycles. The first-order valence-corrected chi connectivity index (χ1v) is 6.91. The number of nitrogens with one attached hydrogen (secondary N) is 1. The van der Waals surface area contributed by atoms with E-state index in [9.17, 15) is 13.6 Å². The van der Waals surface area contributed by atoms with Gasteiger partial charge in [-0.15, -0.1) is 11.6 Å². The zero-order valence-corrected chi connectivity index (χ0v) is 12.0. The number of hydrogen-bond acceptors (Lipinski definition) is 2. The zero-order valence-electron chi connectivity index (χ0n) is 10.5. The van der Waals surface area contributed by atoms with E-state index in [2.05, 4.69) is 5.32 Å². The molecule has 0 bridgehead atoms. The number of alkyl halides is 3. The minimum Gasteiger partial charge on any atom is -0.375 e. The number of fused-ring (bicyclic) bond motifs is 1. The predicted octanol–water partition coefficient (Wildman–Crippen LogP) is 3.79. The van der Waals surface area contributed by atoms with Crippen LogP contribution in [-0.2, 0) is 16.0 Å². The molecule has 0 spiro atoms. The van der Waals surface area contributed by atoms with Gasteiger partial charge in [-0.1, -0.05) is 17.7 Å². The van der Waals surface area contributed by atoms with Gasteiger partial charge in [-0.3, -0.25) is 4.79 Å². The summed E-state index contributed by atoms with van der Waals surface area (Å²) in [4.78, 5) is 11.3. The fourth-order valence-corrected chi connectivity index (χ4v) is 2.64. The van der Waals surface area contributed by atoms with Crippen LogP contribution in [0.5, 0.6) is 0 Å². The van der Waals surface area contributed by atoms with E-state index in [-0.39, 0.29) is 12.5 Å². The minimum atomic E-state index is -2.48. The van der Waals surface area contributed by atoms with Crippen LogP contribution in [0.15, 0.2) is 12.1 Å². The Morgan fingerprint density at radius 3 is 2.85 bits per heavy atom. The molecule has 0 saturated heterocycles. The Morgan fingerprint density at radius 2 is 2.15 bits per heavy atom. The molecule has 1 aromatic rings. The van der Waals surface area contributed by atoms with Gasteiger partial charge < -0.3 is 10.1 Å². The van der Waals surface area contributed by atoms with Crippen LogP contribution < -0.4 is 5.32 Å². The third-order valence-electron chi connectivity index (χ3n) is 2.94. The smallest absolute Gasteiger partial charge is 0.261 e. The van der Waals surface area contributed by atoms with Crippen molar-refractivity contribution in [1.82, 2.24) is 0 Å². The molecule has 1 aromatic carbocycles. The number of hydrogen-bond donors (Lipinski definition) is 1. The van der Waals surface area contributed by atoms with Crippen molar-refractivity contribution in [2.75, 3.05) is 18.5 Å². The van der Waals surface area contributed by atoms with Gasteiger partial charge in [-0.2, -0.15) is 0 Å². The Morgan fingerprint density at radius 1 is 1.40 bits per heavy atom. The number of amides is 1. The number of rotatable bonds is 6. The molecule has 0 radical (unpaired) electrons. The Kier molecular flexibility index (Phi) is 5.18. The second-order valence-electron chi connectivity index (χ2n) is 4.48. The molecule has 3 nitrogen and oxygen atoms in total. The first-order valence-electron chi connectivity index (χ1n) is 6.09. The summed E-state index contributed by atoms with van der Waals surface area (Å²) >= 11 is 12.3. The summed E-state index contributed by atoms with van der Waals surface area (Å²) in [5, 5.41) is 2.70. The van der Waals surface area contributed by atoms with Gasteiger partial charge in [0.2, 0.25) is 5.91 Å². The zero-order chi connectivity index (χ0) is 14.7. The third kappa shape index (κ3) is 3.81. The number of carbonyl (C=O) groups is 1. The van der Waals surface area contributed by atoms with Crippen molar-refractivity contribution in [3.05, 3.63) is 28.3 Å². The second kappa shape index (κ2) is 6.70. The van der Waals surface area contributed by atoms with Crippen LogP contribution >= 0.6 is 23.2 Å². The normalized spacial score (nSPS) is 15.3. The fraction of sp³-hybridized carbons (Fsp3) is 0.462. The molecule has 2 rings (SSSR count). The summed E-state index contributed by atoms with van der Waals surface area (Å²) in [5.74, 6) is -0.0837. The first kappa shape index (κ1) is 15.5. The average molecular weight is 324 g/mol. The van der Waals surface area contributed by atoms with Gasteiger partial charge in [-0.05, 0) is 23.6 Å². The van der Waals surface area contributed by atoms with Crippen molar-refractivity contribution < 1.29 is 18.3 Å². The van der Waals surface area contributed by atoms with Crippen molar-refractivity contribution >= 4 is 34.8 Å². The summed E-state index contributed by atoms with van der Waals surface area (Å²) in [6.45, 7) is -0.469. The maximum Gasteiger partial charge on any atom is 0.261 e. The minimum absolute atomic E-state index is 0.0837. The summed E-state index contributed by atoms with van der Waals surface area (Å²) in [6.07, 6.45) is -1.82. The summed E-state index contributed by atoms with van der Waals surface area (Å²) < 4.78 is 28.6. The second-order valence-corrected chi connectivity index (χ2v) is 5.41. The van der Waals surface area contributed by atoms with Crippen LogP contribution in [0.4, 0.5) is 14.5 Å². The van der Waals surface area contributed by atoms with Gasteiger partial charge in [0, 0.05) is 17.3 Å². The highest BCUT2D eigenvalue weighted by Crippen LogP contribution is 2.36. The predicted molar refractivity (Wildman–Crippen MR) is 73.8 cm³/mol. The number of carbonyl (C=O) groups excluding carboxylic acids is 1. The molecular weight excluding hydrogens is 311 g/mol. The van der Waals surface area contributed by atoms with E-state index in [4.69, 9.17) is 27.9 Å². The molecule has 0 fully saturated rings. The molecule has 1 heterocycles. The molecular formula is C13H13Cl2F2NO2. The van der Waals surface area contributed by atoms with Gasteiger partial charge >= 0.3 is 0 Å².